The van der Waals surface area contributed by atoms with Crippen LogP contribution in [-0.2, 0) is 4.79 Å². The van der Waals surface area contributed by atoms with Gasteiger partial charge >= 0.3 is 0 Å². The van der Waals surface area contributed by atoms with Crippen molar-refractivity contribution in [2.75, 3.05) is 18.5 Å². The van der Waals surface area contributed by atoms with Gasteiger partial charge in [0.2, 0.25) is 0 Å². The van der Waals surface area contributed by atoms with Gasteiger partial charge in [-0.25, -0.2) is 0 Å². The molecule has 0 fully saturated rings. The summed E-state index contributed by atoms with van der Waals surface area (Å²) in [6, 6.07) is 14.2. The molecular formula is C18H19IN2O3. The second-order valence-electron chi connectivity index (χ2n) is 5.12. The third-order valence-electron chi connectivity index (χ3n) is 3.15. The molecule has 0 unspecified atom stereocenters. The molecule has 2 aromatic rings. The highest BCUT2D eigenvalue weighted by Gasteiger charge is 2.07. The van der Waals surface area contributed by atoms with Crippen LogP contribution in [0.1, 0.15) is 23.7 Å². The van der Waals surface area contributed by atoms with Gasteiger partial charge in [0.25, 0.3) is 11.8 Å². The Morgan fingerprint density at radius 3 is 2.33 bits per heavy atom. The number of nitrogens with one attached hydrogen (secondary N) is 2. The van der Waals surface area contributed by atoms with Crippen LogP contribution >= 0.6 is 22.6 Å². The first-order valence-corrected chi connectivity index (χ1v) is 8.73. The average Bonchev–Trinajstić information content (AvgIpc) is 2.60. The summed E-state index contributed by atoms with van der Waals surface area (Å²) in [5.41, 5.74) is 1.19. The van der Waals surface area contributed by atoms with Crippen molar-refractivity contribution in [3.63, 3.8) is 0 Å². The van der Waals surface area contributed by atoms with Crippen molar-refractivity contribution >= 4 is 40.1 Å². The van der Waals surface area contributed by atoms with Crippen LogP contribution in [-0.4, -0.2) is 25.0 Å². The molecule has 0 atom stereocenters. The van der Waals surface area contributed by atoms with Gasteiger partial charge < -0.3 is 15.4 Å². The highest BCUT2D eigenvalue weighted by molar-refractivity contribution is 14.1. The molecule has 0 saturated carbocycles. The van der Waals surface area contributed by atoms with Crippen LogP contribution < -0.4 is 15.4 Å². The normalized spacial score (nSPS) is 10.1. The zero-order chi connectivity index (χ0) is 17.4. The second-order valence-corrected chi connectivity index (χ2v) is 6.37. The van der Waals surface area contributed by atoms with E-state index in [9.17, 15) is 9.59 Å². The highest BCUT2D eigenvalue weighted by Crippen LogP contribution is 2.14. The molecule has 2 N–H and O–H groups in total. The first kappa shape index (κ1) is 18.3. The minimum absolute atomic E-state index is 0.0701. The molecule has 0 aromatic heterocycles. The molecule has 0 aliphatic carbocycles. The van der Waals surface area contributed by atoms with Crippen LogP contribution in [0.3, 0.4) is 0 Å². The summed E-state index contributed by atoms with van der Waals surface area (Å²) in [6.07, 6.45) is 0.889. The molecule has 24 heavy (non-hydrogen) atoms. The Bertz CT molecular complexity index is 684. The van der Waals surface area contributed by atoms with Gasteiger partial charge in [0, 0.05) is 21.4 Å². The molecule has 0 radical (unpaired) electrons. The predicted molar refractivity (Wildman–Crippen MR) is 102 cm³/mol. The van der Waals surface area contributed by atoms with Gasteiger partial charge in [-0.15, -0.1) is 0 Å². The number of hydrogen-bond acceptors (Lipinski definition) is 3. The lowest BCUT2D eigenvalue weighted by Gasteiger charge is -2.08. The van der Waals surface area contributed by atoms with Crippen molar-refractivity contribution in [2.24, 2.45) is 0 Å². The minimum Gasteiger partial charge on any atom is -0.484 e. The Morgan fingerprint density at radius 2 is 1.71 bits per heavy atom. The standard InChI is InChI=1S/C18H19IN2O3/c1-2-11-20-18(23)13-3-7-15(8-4-13)21-17(22)12-24-16-9-5-14(19)6-10-16/h3-10H,2,11-12H2,1H3,(H,20,23)(H,21,22). The zero-order valence-corrected chi connectivity index (χ0v) is 15.5. The van der Waals surface area contributed by atoms with Gasteiger partial charge in [0.15, 0.2) is 6.61 Å². The Labute approximate surface area is 154 Å². The molecule has 5 nitrogen and oxygen atoms in total. The van der Waals surface area contributed by atoms with Crippen molar-refractivity contribution in [1.82, 2.24) is 5.32 Å². The Balaban J connectivity index is 1.83. The number of rotatable bonds is 7. The molecule has 2 rings (SSSR count). The molecule has 0 spiro atoms. The molecule has 0 aliphatic heterocycles. The van der Waals surface area contributed by atoms with Gasteiger partial charge in [-0.3, -0.25) is 9.59 Å². The fourth-order valence-corrected chi connectivity index (χ4v) is 2.28. The molecule has 0 aliphatic rings. The summed E-state index contributed by atoms with van der Waals surface area (Å²) in [5, 5.41) is 5.54. The van der Waals surface area contributed by atoms with E-state index in [0.29, 0.717) is 23.5 Å². The Morgan fingerprint density at radius 1 is 1.04 bits per heavy atom. The lowest BCUT2D eigenvalue weighted by molar-refractivity contribution is -0.118. The predicted octanol–water partition coefficient (Wildman–Crippen LogP) is 3.45. The average molecular weight is 438 g/mol. The van der Waals surface area contributed by atoms with E-state index in [4.69, 9.17) is 4.74 Å². The summed E-state index contributed by atoms with van der Waals surface area (Å²) in [6.45, 7) is 2.57. The van der Waals surface area contributed by atoms with E-state index in [-0.39, 0.29) is 18.4 Å². The van der Waals surface area contributed by atoms with Crippen molar-refractivity contribution in [3.05, 3.63) is 57.7 Å². The molecular weight excluding hydrogens is 419 g/mol. The maximum absolute atomic E-state index is 11.9. The summed E-state index contributed by atoms with van der Waals surface area (Å²) in [5.74, 6) is 0.280. The number of carbonyl (C=O) groups excluding carboxylic acids is 2. The van der Waals surface area contributed by atoms with Gasteiger partial charge in [0.05, 0.1) is 0 Å². The summed E-state index contributed by atoms with van der Waals surface area (Å²) in [7, 11) is 0. The molecule has 2 amide bonds. The van der Waals surface area contributed by atoms with E-state index in [2.05, 4.69) is 33.2 Å². The fraction of sp³-hybridized carbons (Fsp3) is 0.222. The van der Waals surface area contributed by atoms with Crippen LogP contribution in [0, 0.1) is 3.57 Å². The third kappa shape index (κ3) is 5.84. The number of benzene rings is 2. The van der Waals surface area contributed by atoms with Crippen LogP contribution in [0.25, 0.3) is 0 Å². The smallest absolute Gasteiger partial charge is 0.262 e. The zero-order valence-electron chi connectivity index (χ0n) is 13.3. The summed E-state index contributed by atoms with van der Waals surface area (Å²) >= 11 is 2.20. The maximum atomic E-state index is 11.9. The number of halogens is 1. The second kappa shape index (κ2) is 9.27. The first-order chi connectivity index (χ1) is 11.6. The molecule has 6 heteroatoms. The molecule has 0 bridgehead atoms. The lowest BCUT2D eigenvalue weighted by atomic mass is 10.2. The van der Waals surface area contributed by atoms with Crippen molar-refractivity contribution in [3.8, 4) is 5.75 Å². The molecule has 0 heterocycles. The number of amides is 2. The number of carbonyl (C=O) groups is 2. The number of ether oxygens (including phenoxy) is 1. The van der Waals surface area contributed by atoms with E-state index in [0.717, 1.165) is 9.99 Å². The number of anilines is 1. The van der Waals surface area contributed by atoms with Gasteiger partial charge in [-0.2, -0.15) is 0 Å². The minimum atomic E-state index is -0.253. The number of hydrogen-bond donors (Lipinski definition) is 2. The maximum Gasteiger partial charge on any atom is 0.262 e. The fourth-order valence-electron chi connectivity index (χ4n) is 1.92. The lowest BCUT2D eigenvalue weighted by Crippen LogP contribution is -2.24. The van der Waals surface area contributed by atoms with E-state index < -0.39 is 0 Å². The monoisotopic (exact) mass is 438 g/mol. The van der Waals surface area contributed by atoms with Crippen molar-refractivity contribution in [2.45, 2.75) is 13.3 Å². The van der Waals surface area contributed by atoms with Crippen LogP contribution in [0.15, 0.2) is 48.5 Å². The Hall–Kier alpha value is -2.09. The topological polar surface area (TPSA) is 67.4 Å². The SMILES string of the molecule is CCCNC(=O)c1ccc(NC(=O)COc2ccc(I)cc2)cc1. The van der Waals surface area contributed by atoms with Gasteiger partial charge in [-0.1, -0.05) is 6.92 Å². The van der Waals surface area contributed by atoms with E-state index in [1.54, 1.807) is 24.3 Å². The quantitative estimate of drug-likeness (QED) is 0.651. The van der Waals surface area contributed by atoms with E-state index in [1.807, 2.05) is 31.2 Å². The van der Waals surface area contributed by atoms with E-state index in [1.165, 1.54) is 0 Å². The van der Waals surface area contributed by atoms with Crippen LogP contribution in [0.4, 0.5) is 5.69 Å². The molecule has 0 saturated heterocycles. The van der Waals surface area contributed by atoms with Crippen molar-refractivity contribution < 1.29 is 14.3 Å². The summed E-state index contributed by atoms with van der Waals surface area (Å²) < 4.78 is 6.53. The first-order valence-electron chi connectivity index (χ1n) is 7.65. The van der Waals surface area contributed by atoms with Gasteiger partial charge in [0.1, 0.15) is 5.75 Å². The van der Waals surface area contributed by atoms with E-state index >= 15 is 0 Å². The molecule has 2 aromatic carbocycles. The van der Waals surface area contributed by atoms with Crippen LogP contribution in [0.5, 0.6) is 5.75 Å². The summed E-state index contributed by atoms with van der Waals surface area (Å²) in [4.78, 5) is 23.7. The van der Waals surface area contributed by atoms with Crippen LogP contribution in [0.2, 0.25) is 0 Å². The largest absolute Gasteiger partial charge is 0.484 e. The molecule has 126 valence electrons. The van der Waals surface area contributed by atoms with Gasteiger partial charge in [-0.05, 0) is 77.5 Å². The Kier molecular flexibility index (Phi) is 7.05. The van der Waals surface area contributed by atoms with Crippen molar-refractivity contribution in [1.29, 1.82) is 0 Å². The third-order valence-corrected chi connectivity index (χ3v) is 3.87. The highest BCUT2D eigenvalue weighted by atomic mass is 127.